The summed E-state index contributed by atoms with van der Waals surface area (Å²) in [5.41, 5.74) is 1.89. The highest BCUT2D eigenvalue weighted by atomic mass is 79.9. The quantitative estimate of drug-likeness (QED) is 0.707. The maximum Gasteiger partial charge on any atom is 0.148 e. The molecule has 3 rings (SSSR count). The van der Waals surface area contributed by atoms with Crippen LogP contribution in [0.1, 0.15) is 0 Å². The molecule has 3 heterocycles. The number of hydrogen-bond donors (Lipinski definition) is 1. The molecule has 0 aliphatic carbocycles. The van der Waals surface area contributed by atoms with E-state index in [0.717, 1.165) is 30.0 Å². The monoisotopic (exact) mass is 357 g/mol. The lowest BCUT2D eigenvalue weighted by atomic mass is 10.4. The highest BCUT2D eigenvalue weighted by Gasteiger charge is 2.10. The Morgan fingerprint density at radius 1 is 1.31 bits per heavy atom. The summed E-state index contributed by atoms with van der Waals surface area (Å²) < 4.78 is 2.12. The Hall–Kier alpha value is -0.720. The predicted molar refractivity (Wildman–Crippen MR) is 72.6 cm³/mol. The van der Waals surface area contributed by atoms with Crippen molar-refractivity contribution in [1.29, 1.82) is 0 Å². The Morgan fingerprint density at radius 3 is 2.88 bits per heavy atom. The minimum Gasteiger partial charge on any atom is -0.336 e. The van der Waals surface area contributed by atoms with Gasteiger partial charge in [-0.15, -0.1) is 11.3 Å². The van der Waals surface area contributed by atoms with Gasteiger partial charge in [0.05, 0.1) is 25.9 Å². The van der Waals surface area contributed by atoms with Gasteiger partial charge in [-0.25, -0.2) is 4.98 Å². The zero-order valence-electron chi connectivity index (χ0n) is 7.87. The molecule has 0 aromatic carbocycles. The molecule has 0 aliphatic rings. The Balaban J connectivity index is 2.18. The highest BCUT2D eigenvalue weighted by Crippen LogP contribution is 2.37. The molecule has 0 aliphatic heterocycles. The first kappa shape index (κ1) is 10.4. The van der Waals surface area contributed by atoms with Crippen LogP contribution in [-0.2, 0) is 0 Å². The van der Waals surface area contributed by atoms with Gasteiger partial charge in [0, 0.05) is 10.7 Å². The number of H-pyrrole nitrogens is 1. The summed E-state index contributed by atoms with van der Waals surface area (Å²) in [5.74, 6) is 0.874. The summed E-state index contributed by atoms with van der Waals surface area (Å²) in [6, 6.07) is 3.94. The third-order valence-electron chi connectivity index (χ3n) is 2.16. The fourth-order valence-corrected chi connectivity index (χ4v) is 3.42. The maximum atomic E-state index is 4.51. The molecule has 0 fully saturated rings. The second-order valence-electron chi connectivity index (χ2n) is 3.21. The van der Waals surface area contributed by atoms with Crippen LogP contribution in [0.2, 0.25) is 0 Å². The topological polar surface area (TPSA) is 41.6 Å². The van der Waals surface area contributed by atoms with Gasteiger partial charge in [-0.1, -0.05) is 0 Å². The zero-order valence-corrected chi connectivity index (χ0v) is 11.9. The van der Waals surface area contributed by atoms with Gasteiger partial charge >= 0.3 is 0 Å². The van der Waals surface area contributed by atoms with Gasteiger partial charge in [0.1, 0.15) is 5.82 Å². The van der Waals surface area contributed by atoms with Crippen molar-refractivity contribution in [1.82, 2.24) is 15.0 Å². The van der Waals surface area contributed by atoms with Crippen LogP contribution in [0.25, 0.3) is 21.7 Å². The van der Waals surface area contributed by atoms with Crippen molar-refractivity contribution in [3.63, 3.8) is 0 Å². The number of aromatic nitrogens is 3. The second kappa shape index (κ2) is 3.94. The summed E-state index contributed by atoms with van der Waals surface area (Å²) in [6.07, 6.45) is 3.52. The number of hydrogen-bond acceptors (Lipinski definition) is 3. The zero-order chi connectivity index (χ0) is 11.1. The van der Waals surface area contributed by atoms with E-state index >= 15 is 0 Å². The summed E-state index contributed by atoms with van der Waals surface area (Å²) >= 11 is 8.58. The number of halogens is 2. The number of imidazole rings is 1. The van der Waals surface area contributed by atoms with E-state index in [1.807, 2.05) is 12.1 Å². The molecule has 3 nitrogen and oxygen atoms in total. The normalized spacial score (nSPS) is 11.1. The van der Waals surface area contributed by atoms with E-state index in [1.165, 1.54) is 0 Å². The average molecular weight is 359 g/mol. The molecule has 1 N–H and O–H groups in total. The molecule has 0 unspecified atom stereocenters. The van der Waals surface area contributed by atoms with Crippen molar-refractivity contribution in [2.24, 2.45) is 0 Å². The van der Waals surface area contributed by atoms with Gasteiger partial charge < -0.3 is 4.98 Å². The van der Waals surface area contributed by atoms with Crippen LogP contribution >= 0.6 is 43.2 Å². The lowest BCUT2D eigenvalue weighted by molar-refractivity contribution is 1.34. The number of nitrogens with one attached hydrogen (secondary N) is 1. The van der Waals surface area contributed by atoms with Crippen molar-refractivity contribution in [2.45, 2.75) is 0 Å². The molecule has 0 bridgehead atoms. The second-order valence-corrected chi connectivity index (χ2v) is 6.43. The van der Waals surface area contributed by atoms with E-state index in [0.29, 0.717) is 0 Å². The maximum absolute atomic E-state index is 4.51. The molecular weight excluding hydrogens is 354 g/mol. The predicted octanol–water partition coefficient (Wildman–Crippen LogP) is 4.21. The van der Waals surface area contributed by atoms with E-state index in [2.05, 4.69) is 46.8 Å². The van der Waals surface area contributed by atoms with Gasteiger partial charge in [0.2, 0.25) is 0 Å². The Morgan fingerprint density at radius 2 is 2.19 bits per heavy atom. The smallest absolute Gasteiger partial charge is 0.148 e. The molecule has 6 heteroatoms. The number of rotatable bonds is 1. The molecule has 0 amide bonds. The van der Waals surface area contributed by atoms with Crippen LogP contribution in [-0.4, -0.2) is 15.0 Å². The van der Waals surface area contributed by atoms with Crippen LogP contribution < -0.4 is 0 Å². The van der Waals surface area contributed by atoms with E-state index < -0.39 is 0 Å². The highest BCUT2D eigenvalue weighted by molar-refractivity contribution is 9.13. The van der Waals surface area contributed by atoms with Crippen molar-refractivity contribution in [3.05, 3.63) is 32.8 Å². The molecule has 0 saturated heterocycles. The van der Waals surface area contributed by atoms with E-state index in [-0.39, 0.29) is 0 Å². The van der Waals surface area contributed by atoms with Crippen LogP contribution in [0.4, 0.5) is 0 Å². The van der Waals surface area contributed by atoms with Gasteiger partial charge in [-0.3, -0.25) is 4.98 Å². The summed E-state index contributed by atoms with van der Waals surface area (Å²) in [5, 5.41) is 0. The Kier molecular flexibility index (Phi) is 2.57. The van der Waals surface area contributed by atoms with Crippen LogP contribution in [0.15, 0.2) is 32.8 Å². The minimum absolute atomic E-state index is 0.874. The van der Waals surface area contributed by atoms with Gasteiger partial charge in [-0.05, 0) is 44.0 Å². The SMILES string of the molecule is Brc1cc(-c2nc3ccncc3[nH]2)sc1Br. The van der Waals surface area contributed by atoms with Crippen molar-refractivity contribution < 1.29 is 0 Å². The number of pyridine rings is 1. The first-order valence-corrected chi connectivity index (χ1v) is 6.89. The Bertz CT molecular complexity index is 606. The molecule has 3 aromatic rings. The fraction of sp³-hybridized carbons (Fsp3) is 0. The van der Waals surface area contributed by atoms with Crippen molar-refractivity contribution in [3.8, 4) is 10.7 Å². The lowest BCUT2D eigenvalue weighted by Crippen LogP contribution is -1.72. The summed E-state index contributed by atoms with van der Waals surface area (Å²) in [7, 11) is 0. The number of fused-ring (bicyclic) bond motifs is 1. The molecular formula is C10H5Br2N3S. The third kappa shape index (κ3) is 1.70. The molecule has 16 heavy (non-hydrogen) atoms. The van der Waals surface area contributed by atoms with Gasteiger partial charge in [-0.2, -0.15) is 0 Å². The molecule has 3 aromatic heterocycles. The van der Waals surface area contributed by atoms with Crippen LogP contribution in [0, 0.1) is 0 Å². The standard InChI is InChI=1S/C10H5Br2N3S/c11-5-3-8(16-9(5)12)10-14-6-1-2-13-4-7(6)15-10/h1-4H,(H,14,15). The largest absolute Gasteiger partial charge is 0.336 e. The van der Waals surface area contributed by atoms with E-state index in [9.17, 15) is 0 Å². The van der Waals surface area contributed by atoms with E-state index in [1.54, 1.807) is 23.7 Å². The molecule has 0 radical (unpaired) electrons. The molecule has 0 spiro atoms. The average Bonchev–Trinajstić information content (AvgIpc) is 2.83. The summed E-state index contributed by atoms with van der Waals surface area (Å²) in [6.45, 7) is 0. The number of nitrogens with zero attached hydrogens (tertiary/aromatic N) is 2. The molecule has 0 saturated carbocycles. The summed E-state index contributed by atoms with van der Waals surface area (Å²) in [4.78, 5) is 12.9. The van der Waals surface area contributed by atoms with Crippen LogP contribution in [0.3, 0.4) is 0 Å². The van der Waals surface area contributed by atoms with E-state index in [4.69, 9.17) is 0 Å². The van der Waals surface area contributed by atoms with Gasteiger partial charge in [0.25, 0.3) is 0 Å². The third-order valence-corrected chi connectivity index (χ3v) is 5.42. The molecule has 80 valence electrons. The Labute approximate surface area is 112 Å². The first-order chi connectivity index (χ1) is 7.74. The number of thiophene rings is 1. The van der Waals surface area contributed by atoms with Gasteiger partial charge in [0.15, 0.2) is 0 Å². The van der Waals surface area contributed by atoms with Crippen molar-refractivity contribution in [2.75, 3.05) is 0 Å². The lowest BCUT2D eigenvalue weighted by Gasteiger charge is -1.86. The molecule has 0 atom stereocenters. The number of aromatic amines is 1. The fourth-order valence-electron chi connectivity index (χ4n) is 1.44. The van der Waals surface area contributed by atoms with Crippen LogP contribution in [0.5, 0.6) is 0 Å². The first-order valence-electron chi connectivity index (χ1n) is 4.49. The van der Waals surface area contributed by atoms with Crippen molar-refractivity contribution >= 4 is 54.2 Å². The minimum atomic E-state index is 0.874.